The molecule has 0 saturated carbocycles. The van der Waals surface area contributed by atoms with Gasteiger partial charge in [0.25, 0.3) is 10.0 Å². The van der Waals surface area contributed by atoms with Gasteiger partial charge in [-0.05, 0) is 24.3 Å². The summed E-state index contributed by atoms with van der Waals surface area (Å²) in [6, 6.07) is 5.86. The molecule has 0 atom stereocenters. The van der Waals surface area contributed by atoms with Crippen LogP contribution in [0.2, 0.25) is 5.02 Å². The first-order valence-electron chi connectivity index (χ1n) is 4.78. The summed E-state index contributed by atoms with van der Waals surface area (Å²) < 4.78 is 26.0. The average Bonchev–Trinajstić information content (AvgIpc) is 2.26. The van der Waals surface area contributed by atoms with E-state index in [2.05, 4.69) is 23.2 Å². The maximum atomic E-state index is 11.8. The second-order valence-corrected chi connectivity index (χ2v) is 5.33. The summed E-state index contributed by atoms with van der Waals surface area (Å²) >= 11 is 5.68. The van der Waals surface area contributed by atoms with Gasteiger partial charge < -0.3 is 5.32 Å². The SMILES string of the molecule is C=CCNC(=C)NS(=O)(=O)c1ccc(Cl)cc1. The quantitative estimate of drug-likeness (QED) is 0.777. The normalized spacial score (nSPS) is 10.6. The number of hydrogen-bond donors (Lipinski definition) is 2. The van der Waals surface area contributed by atoms with Crippen LogP contribution >= 0.6 is 11.6 Å². The fraction of sp³-hybridized carbons (Fsp3) is 0.0909. The van der Waals surface area contributed by atoms with Crippen molar-refractivity contribution < 1.29 is 8.42 Å². The number of benzene rings is 1. The van der Waals surface area contributed by atoms with Crippen LogP contribution in [0.25, 0.3) is 0 Å². The van der Waals surface area contributed by atoms with Gasteiger partial charge in [0.15, 0.2) is 0 Å². The molecule has 0 aliphatic rings. The Morgan fingerprint density at radius 2 is 1.94 bits per heavy atom. The fourth-order valence-corrected chi connectivity index (χ4v) is 2.20. The maximum Gasteiger partial charge on any atom is 0.262 e. The molecule has 6 heteroatoms. The molecule has 1 aromatic carbocycles. The van der Waals surface area contributed by atoms with Gasteiger partial charge in [0.05, 0.1) is 4.90 Å². The first-order chi connectivity index (χ1) is 7.95. The monoisotopic (exact) mass is 272 g/mol. The van der Waals surface area contributed by atoms with Crippen molar-refractivity contribution in [1.82, 2.24) is 10.0 Å². The minimum absolute atomic E-state index is 0.128. The fourth-order valence-electron chi connectivity index (χ4n) is 1.07. The van der Waals surface area contributed by atoms with E-state index in [9.17, 15) is 8.42 Å². The number of hydrogen-bond acceptors (Lipinski definition) is 3. The lowest BCUT2D eigenvalue weighted by Crippen LogP contribution is -2.30. The molecule has 0 aliphatic heterocycles. The lowest BCUT2D eigenvalue weighted by atomic mass is 10.4. The second kappa shape index (κ2) is 5.75. The topological polar surface area (TPSA) is 58.2 Å². The summed E-state index contributed by atoms with van der Waals surface area (Å²) in [4.78, 5) is 0.128. The third kappa shape index (κ3) is 4.13. The highest BCUT2D eigenvalue weighted by molar-refractivity contribution is 7.89. The molecular formula is C11H13ClN2O2S. The van der Waals surface area contributed by atoms with Gasteiger partial charge in [-0.15, -0.1) is 6.58 Å². The van der Waals surface area contributed by atoms with Crippen molar-refractivity contribution in [1.29, 1.82) is 0 Å². The molecule has 0 unspecified atom stereocenters. The zero-order chi connectivity index (χ0) is 12.9. The number of sulfonamides is 1. The Kier molecular flexibility index (Phi) is 4.60. The van der Waals surface area contributed by atoms with Crippen LogP contribution in [-0.4, -0.2) is 15.0 Å². The molecule has 0 saturated heterocycles. The van der Waals surface area contributed by atoms with Crippen molar-refractivity contribution in [3.63, 3.8) is 0 Å². The molecule has 4 nitrogen and oxygen atoms in total. The Bertz CT molecular complexity index is 509. The van der Waals surface area contributed by atoms with Crippen molar-refractivity contribution in [3.8, 4) is 0 Å². The van der Waals surface area contributed by atoms with E-state index < -0.39 is 10.0 Å². The Morgan fingerprint density at radius 1 is 1.35 bits per heavy atom. The number of nitrogens with one attached hydrogen (secondary N) is 2. The van der Waals surface area contributed by atoms with Crippen LogP contribution in [0.3, 0.4) is 0 Å². The second-order valence-electron chi connectivity index (χ2n) is 3.21. The predicted molar refractivity (Wildman–Crippen MR) is 69.1 cm³/mol. The molecule has 0 fully saturated rings. The highest BCUT2D eigenvalue weighted by Gasteiger charge is 2.13. The van der Waals surface area contributed by atoms with Crippen LogP contribution in [0.4, 0.5) is 0 Å². The number of rotatable bonds is 6. The Balaban J connectivity index is 2.78. The minimum atomic E-state index is -3.61. The van der Waals surface area contributed by atoms with E-state index in [1.807, 2.05) is 0 Å². The Morgan fingerprint density at radius 3 is 2.47 bits per heavy atom. The Labute approximate surface area is 106 Å². The molecule has 1 aromatic rings. The summed E-state index contributed by atoms with van der Waals surface area (Å²) in [6.45, 7) is 7.48. The Hall–Kier alpha value is -1.46. The molecule has 0 aromatic heterocycles. The van der Waals surface area contributed by atoms with Crippen molar-refractivity contribution in [2.24, 2.45) is 0 Å². The molecule has 2 N–H and O–H groups in total. The molecular weight excluding hydrogens is 260 g/mol. The molecule has 0 spiro atoms. The summed E-state index contributed by atoms with van der Waals surface area (Å²) in [6.07, 6.45) is 1.60. The average molecular weight is 273 g/mol. The van der Waals surface area contributed by atoms with E-state index in [4.69, 9.17) is 11.6 Å². The van der Waals surface area contributed by atoms with Crippen LogP contribution in [0.15, 0.2) is 54.2 Å². The standard InChI is InChI=1S/C11H13ClN2O2S/c1-3-8-13-9(2)14-17(15,16)11-6-4-10(12)5-7-11/h3-7,13-14H,1-2,8H2. The third-order valence-corrected chi connectivity index (χ3v) is 3.50. The maximum absolute atomic E-state index is 11.8. The van der Waals surface area contributed by atoms with E-state index in [0.717, 1.165) is 0 Å². The molecule has 1 rings (SSSR count). The predicted octanol–water partition coefficient (Wildman–Crippen LogP) is 1.87. The third-order valence-electron chi connectivity index (χ3n) is 1.84. The van der Waals surface area contributed by atoms with Gasteiger partial charge in [0, 0.05) is 11.6 Å². The van der Waals surface area contributed by atoms with Crippen molar-refractivity contribution in [3.05, 3.63) is 54.3 Å². The van der Waals surface area contributed by atoms with E-state index in [0.29, 0.717) is 11.6 Å². The van der Waals surface area contributed by atoms with Gasteiger partial charge in [-0.1, -0.05) is 24.3 Å². The van der Waals surface area contributed by atoms with Gasteiger partial charge in [-0.25, -0.2) is 8.42 Å². The molecule has 17 heavy (non-hydrogen) atoms. The first kappa shape index (κ1) is 13.6. The van der Waals surface area contributed by atoms with Gasteiger partial charge in [0.2, 0.25) is 0 Å². The first-order valence-corrected chi connectivity index (χ1v) is 6.64. The zero-order valence-electron chi connectivity index (χ0n) is 9.11. The molecule has 0 amide bonds. The molecule has 0 heterocycles. The smallest absolute Gasteiger partial charge is 0.262 e. The lowest BCUT2D eigenvalue weighted by Gasteiger charge is -2.11. The van der Waals surface area contributed by atoms with Crippen LogP contribution in [0.5, 0.6) is 0 Å². The largest absolute Gasteiger partial charge is 0.368 e. The summed E-state index contributed by atoms with van der Waals surface area (Å²) in [5.41, 5.74) is 0. The summed E-state index contributed by atoms with van der Waals surface area (Å²) in [7, 11) is -3.61. The lowest BCUT2D eigenvalue weighted by molar-refractivity contribution is 0.585. The summed E-state index contributed by atoms with van der Waals surface area (Å²) in [5, 5.41) is 3.22. The van der Waals surface area contributed by atoms with Crippen molar-refractivity contribution in [2.45, 2.75) is 4.90 Å². The van der Waals surface area contributed by atoms with E-state index in [1.165, 1.54) is 24.3 Å². The van der Waals surface area contributed by atoms with Crippen LogP contribution in [-0.2, 0) is 10.0 Å². The van der Waals surface area contributed by atoms with Gasteiger partial charge >= 0.3 is 0 Å². The van der Waals surface area contributed by atoms with Crippen LogP contribution < -0.4 is 10.0 Å². The highest BCUT2D eigenvalue weighted by atomic mass is 35.5. The molecule has 0 aliphatic carbocycles. The van der Waals surface area contributed by atoms with Gasteiger partial charge in [-0.2, -0.15) is 0 Å². The molecule has 0 bridgehead atoms. The van der Waals surface area contributed by atoms with E-state index in [-0.39, 0.29) is 10.7 Å². The minimum Gasteiger partial charge on any atom is -0.368 e. The van der Waals surface area contributed by atoms with Crippen molar-refractivity contribution >= 4 is 21.6 Å². The molecule has 0 radical (unpaired) electrons. The van der Waals surface area contributed by atoms with E-state index >= 15 is 0 Å². The van der Waals surface area contributed by atoms with Crippen LogP contribution in [0, 0.1) is 0 Å². The summed E-state index contributed by atoms with van der Waals surface area (Å²) in [5.74, 6) is 0.194. The van der Waals surface area contributed by atoms with Crippen molar-refractivity contribution in [2.75, 3.05) is 6.54 Å². The molecule has 92 valence electrons. The highest BCUT2D eigenvalue weighted by Crippen LogP contribution is 2.14. The van der Waals surface area contributed by atoms with Gasteiger partial charge in [0.1, 0.15) is 5.82 Å². The number of halogens is 1. The van der Waals surface area contributed by atoms with E-state index in [1.54, 1.807) is 6.08 Å². The zero-order valence-corrected chi connectivity index (χ0v) is 10.7. The van der Waals surface area contributed by atoms with Crippen LogP contribution in [0.1, 0.15) is 0 Å². The van der Waals surface area contributed by atoms with Gasteiger partial charge in [-0.3, -0.25) is 4.72 Å².